The molecule has 2 aromatic carbocycles. The molecule has 2 aromatic heterocycles. The van der Waals surface area contributed by atoms with Crippen LogP contribution in [0.25, 0.3) is 10.2 Å². The number of amides is 1. The number of hydrogen-bond donors (Lipinski definition) is 2. The highest BCUT2D eigenvalue weighted by Gasteiger charge is 2.52. The zero-order chi connectivity index (χ0) is 22.6. The monoisotopic (exact) mass is 450 g/mol. The highest BCUT2D eigenvalue weighted by molar-refractivity contribution is 7.21. The van der Waals surface area contributed by atoms with E-state index in [4.69, 9.17) is 10.2 Å². The van der Waals surface area contributed by atoms with Gasteiger partial charge in [-0.3, -0.25) is 4.79 Å². The van der Waals surface area contributed by atoms with E-state index in [-0.39, 0.29) is 16.9 Å². The smallest absolute Gasteiger partial charge is 0.378 e. The number of halogens is 1. The van der Waals surface area contributed by atoms with Crippen molar-refractivity contribution in [2.45, 2.75) is 13.0 Å². The zero-order valence-corrected chi connectivity index (χ0v) is 17.6. The standard InChI is InChI=1S/C23H16FN3O4S/c1-11-6-9-16(31-11)20(28)18-19(13-4-2-3-5-14(13)24)27(22(30)21(18)29)23-26-15-8-7-12(25)10-17(15)32-23/h2-10,19,29H,25H2,1H3/p+1. The lowest BCUT2D eigenvalue weighted by molar-refractivity contribution is -0.324. The van der Waals surface area contributed by atoms with Gasteiger partial charge >= 0.3 is 11.0 Å². The van der Waals surface area contributed by atoms with Gasteiger partial charge in [0.25, 0.3) is 0 Å². The quantitative estimate of drug-likeness (QED) is 0.359. The number of ketones is 1. The first-order chi connectivity index (χ1) is 15.3. The lowest BCUT2D eigenvalue weighted by Gasteiger charge is -2.18. The van der Waals surface area contributed by atoms with Gasteiger partial charge in [0, 0.05) is 11.3 Å². The SMILES string of the molecule is Cc1ccc(C(=O)C2=C(O)C(=O)N(c3[nH+]c4ccc(N)cc4s3)C2c2ccccc2F)o1. The summed E-state index contributed by atoms with van der Waals surface area (Å²) >= 11 is 1.21. The second-order valence-electron chi connectivity index (χ2n) is 7.39. The maximum absolute atomic E-state index is 14.9. The first-order valence-corrected chi connectivity index (χ1v) is 10.5. The van der Waals surface area contributed by atoms with Crippen LogP contribution in [0.3, 0.4) is 0 Å². The van der Waals surface area contributed by atoms with Crippen LogP contribution in [-0.4, -0.2) is 16.8 Å². The molecule has 1 amide bonds. The van der Waals surface area contributed by atoms with E-state index in [1.54, 1.807) is 37.3 Å². The second kappa shape index (κ2) is 7.31. The van der Waals surface area contributed by atoms with E-state index in [2.05, 4.69) is 4.98 Å². The molecular weight excluding hydrogens is 433 g/mol. The lowest BCUT2D eigenvalue weighted by atomic mass is 9.95. The van der Waals surface area contributed by atoms with Crippen LogP contribution in [0.1, 0.15) is 27.9 Å². The average molecular weight is 450 g/mol. The van der Waals surface area contributed by atoms with Crippen LogP contribution < -0.4 is 15.6 Å². The third-order valence-electron chi connectivity index (χ3n) is 5.29. The number of aryl methyl sites for hydroxylation is 1. The molecule has 160 valence electrons. The molecule has 9 heteroatoms. The highest BCUT2D eigenvalue weighted by Crippen LogP contribution is 2.43. The number of Topliss-reactive ketones (excluding diaryl/α,β-unsaturated/α-hetero) is 1. The lowest BCUT2D eigenvalue weighted by Crippen LogP contribution is -2.34. The first kappa shape index (κ1) is 20.0. The number of rotatable bonds is 4. The van der Waals surface area contributed by atoms with Crippen LogP contribution in [0.2, 0.25) is 0 Å². The predicted molar refractivity (Wildman–Crippen MR) is 117 cm³/mol. The minimum absolute atomic E-state index is 0.0480. The van der Waals surface area contributed by atoms with Crippen molar-refractivity contribution >= 4 is 44.1 Å². The van der Waals surface area contributed by atoms with E-state index < -0.39 is 29.3 Å². The molecule has 7 nitrogen and oxygen atoms in total. The number of nitrogens with one attached hydrogen (secondary N) is 1. The fraction of sp³-hybridized carbons (Fsp3) is 0.0870. The molecule has 1 aliphatic heterocycles. The van der Waals surface area contributed by atoms with Gasteiger partial charge in [0.1, 0.15) is 22.7 Å². The topological polar surface area (TPSA) is 111 Å². The van der Waals surface area contributed by atoms with E-state index in [1.165, 1.54) is 40.5 Å². The molecule has 0 fully saturated rings. The van der Waals surface area contributed by atoms with Crippen molar-refractivity contribution in [3.8, 4) is 0 Å². The molecule has 0 bridgehead atoms. The molecule has 4 N–H and O–H groups in total. The molecule has 0 spiro atoms. The summed E-state index contributed by atoms with van der Waals surface area (Å²) in [5, 5.41) is 11.1. The fourth-order valence-corrected chi connectivity index (χ4v) is 4.89. The van der Waals surface area contributed by atoms with Crippen molar-refractivity contribution < 1.29 is 28.5 Å². The van der Waals surface area contributed by atoms with Crippen LogP contribution >= 0.6 is 11.3 Å². The molecule has 1 aliphatic rings. The number of carbonyl (C=O) groups is 2. The number of aromatic nitrogens is 1. The van der Waals surface area contributed by atoms with Gasteiger partial charge in [0.05, 0.1) is 4.70 Å². The van der Waals surface area contributed by atoms with Crippen LogP contribution in [-0.2, 0) is 4.79 Å². The molecule has 0 radical (unpaired) electrons. The van der Waals surface area contributed by atoms with Crippen LogP contribution in [0.4, 0.5) is 15.2 Å². The number of hydrogen-bond acceptors (Lipinski definition) is 6. The molecule has 0 saturated heterocycles. The summed E-state index contributed by atoms with van der Waals surface area (Å²) in [6.07, 6.45) is 0. The number of H-pyrrole nitrogens is 1. The number of furan rings is 1. The Bertz CT molecular complexity index is 1440. The zero-order valence-electron chi connectivity index (χ0n) is 16.8. The molecule has 0 saturated carbocycles. The van der Waals surface area contributed by atoms with E-state index in [1.807, 2.05) is 0 Å². The summed E-state index contributed by atoms with van der Waals surface area (Å²) in [7, 11) is 0. The van der Waals surface area contributed by atoms with Gasteiger partial charge in [0.15, 0.2) is 11.8 Å². The number of aromatic amines is 1. The van der Waals surface area contributed by atoms with E-state index in [0.29, 0.717) is 22.1 Å². The van der Waals surface area contributed by atoms with Gasteiger partial charge in [-0.2, -0.15) is 4.90 Å². The predicted octanol–water partition coefficient (Wildman–Crippen LogP) is 4.12. The third-order valence-corrected chi connectivity index (χ3v) is 6.34. The van der Waals surface area contributed by atoms with Crippen molar-refractivity contribution in [2.24, 2.45) is 0 Å². The number of thiazole rings is 1. The van der Waals surface area contributed by atoms with Gasteiger partial charge < -0.3 is 15.3 Å². The fourth-order valence-electron chi connectivity index (χ4n) is 3.81. The summed E-state index contributed by atoms with van der Waals surface area (Å²) in [6.45, 7) is 1.67. The summed E-state index contributed by atoms with van der Waals surface area (Å²) in [5.74, 6) is -2.43. The Kier molecular flexibility index (Phi) is 4.56. The summed E-state index contributed by atoms with van der Waals surface area (Å²) in [4.78, 5) is 30.7. The Labute approximate surface area is 185 Å². The number of nitrogens with zero attached hydrogens (tertiary/aromatic N) is 1. The number of anilines is 2. The number of nitrogens with two attached hydrogens (primary N) is 1. The largest absolute Gasteiger partial charge is 0.501 e. The molecule has 1 unspecified atom stereocenters. The average Bonchev–Trinajstić information content (AvgIpc) is 3.44. The highest BCUT2D eigenvalue weighted by atomic mass is 32.1. The maximum atomic E-state index is 14.9. The first-order valence-electron chi connectivity index (χ1n) is 9.68. The number of fused-ring (bicyclic) bond motifs is 1. The molecule has 0 aliphatic carbocycles. The molecule has 1 atom stereocenters. The Morgan fingerprint density at radius 3 is 2.72 bits per heavy atom. The van der Waals surface area contributed by atoms with Gasteiger partial charge in [-0.25, -0.2) is 14.2 Å². The van der Waals surface area contributed by atoms with Gasteiger partial charge in [0.2, 0.25) is 11.5 Å². The molecular formula is C23H17FN3O4S+. The number of carbonyl (C=O) groups excluding carboxylic acids is 2. The van der Waals surface area contributed by atoms with Crippen molar-refractivity contribution in [1.82, 2.24) is 0 Å². The number of benzene rings is 2. The van der Waals surface area contributed by atoms with Crippen molar-refractivity contribution in [3.63, 3.8) is 0 Å². The van der Waals surface area contributed by atoms with Crippen LogP contribution in [0.15, 0.2) is 70.3 Å². The van der Waals surface area contributed by atoms with E-state index >= 15 is 0 Å². The van der Waals surface area contributed by atoms with Gasteiger partial charge in [-0.1, -0.05) is 18.2 Å². The molecule has 5 rings (SSSR count). The number of aliphatic hydroxyl groups excluding tert-OH is 1. The Morgan fingerprint density at radius 2 is 2.00 bits per heavy atom. The number of nitrogen functional groups attached to an aromatic ring is 1. The van der Waals surface area contributed by atoms with E-state index in [9.17, 15) is 19.1 Å². The normalized spacial score (nSPS) is 16.4. The van der Waals surface area contributed by atoms with Crippen LogP contribution in [0.5, 0.6) is 0 Å². The molecule has 4 aromatic rings. The number of aliphatic hydroxyl groups is 1. The van der Waals surface area contributed by atoms with Crippen LogP contribution in [0, 0.1) is 12.7 Å². The van der Waals surface area contributed by atoms with E-state index in [0.717, 1.165) is 4.70 Å². The van der Waals surface area contributed by atoms with Crippen molar-refractivity contribution in [1.29, 1.82) is 0 Å². The van der Waals surface area contributed by atoms with Gasteiger partial charge in [-0.05, 0) is 54.7 Å². The Morgan fingerprint density at radius 1 is 1.22 bits per heavy atom. The van der Waals surface area contributed by atoms with Gasteiger partial charge in [-0.15, -0.1) is 0 Å². The molecule has 32 heavy (non-hydrogen) atoms. The Hall–Kier alpha value is -3.98. The van der Waals surface area contributed by atoms with Crippen molar-refractivity contribution in [2.75, 3.05) is 10.6 Å². The minimum atomic E-state index is -1.19. The third kappa shape index (κ3) is 3.05. The minimum Gasteiger partial charge on any atom is -0.501 e. The second-order valence-corrected chi connectivity index (χ2v) is 8.42. The summed E-state index contributed by atoms with van der Waals surface area (Å²) < 4.78 is 21.1. The maximum Gasteiger partial charge on any atom is 0.378 e. The summed E-state index contributed by atoms with van der Waals surface area (Å²) in [6, 6.07) is 12.9. The summed E-state index contributed by atoms with van der Waals surface area (Å²) in [5.41, 5.74) is 6.94. The molecule has 3 heterocycles. The Balaban J connectivity index is 1.70. The van der Waals surface area contributed by atoms with Crippen molar-refractivity contribution in [3.05, 3.63) is 88.8 Å².